The van der Waals surface area contributed by atoms with Crippen LogP contribution in [0.25, 0.3) is 83.4 Å². The zero-order chi connectivity index (χ0) is 39.1. The number of fused-ring (bicyclic) bond motifs is 4. The average molecular weight is 757 g/mol. The normalized spacial score (nSPS) is 11.4. The van der Waals surface area contributed by atoms with Crippen LogP contribution in [0.5, 0.6) is 0 Å². The van der Waals surface area contributed by atoms with E-state index in [1.807, 2.05) is 48.5 Å². The number of benzene rings is 9. The summed E-state index contributed by atoms with van der Waals surface area (Å²) < 4.78 is 8.44. The van der Waals surface area contributed by atoms with Crippen LogP contribution in [-0.4, -0.2) is 14.8 Å². The number of hydrogen-bond donors (Lipinski definition) is 0. The first-order valence-electron chi connectivity index (χ1n) is 19.8. The molecule has 0 fully saturated rings. The van der Waals surface area contributed by atoms with Crippen LogP contribution in [0, 0.1) is 0 Å². The molecule has 9 aromatic carbocycles. The van der Waals surface area contributed by atoms with Crippen molar-refractivity contribution >= 4 is 49.6 Å². The summed E-state index contributed by atoms with van der Waals surface area (Å²) in [5.74, 6) is 0.988. The van der Waals surface area contributed by atoms with Crippen molar-refractivity contribution in [3.8, 4) is 50.8 Å². The van der Waals surface area contributed by atoms with E-state index in [0.29, 0.717) is 11.8 Å². The minimum atomic E-state index is 0.486. The third-order valence-electron chi connectivity index (χ3n) is 11.2. The molecule has 0 aliphatic rings. The summed E-state index contributed by atoms with van der Waals surface area (Å²) in [6, 6.07) is 77.1. The summed E-state index contributed by atoms with van der Waals surface area (Å²) >= 11 is 0. The van der Waals surface area contributed by atoms with Gasteiger partial charge in [-0.2, -0.15) is 0 Å². The zero-order valence-electron chi connectivity index (χ0n) is 32.0. The molecular weight excluding hydrogens is 721 g/mol. The Balaban J connectivity index is 0.961. The molecule has 0 saturated heterocycles. The molecule has 5 nitrogen and oxygen atoms in total. The number of nitrogens with zero attached hydrogens (tertiary/aromatic N) is 4. The van der Waals surface area contributed by atoms with Gasteiger partial charge in [0.15, 0.2) is 0 Å². The van der Waals surface area contributed by atoms with Crippen LogP contribution in [0.3, 0.4) is 0 Å². The quantitative estimate of drug-likeness (QED) is 0.155. The van der Waals surface area contributed by atoms with Gasteiger partial charge in [-0.25, -0.2) is 0 Å². The van der Waals surface area contributed by atoms with Crippen molar-refractivity contribution in [2.24, 2.45) is 0 Å². The molecule has 5 heteroatoms. The molecule has 278 valence electrons. The van der Waals surface area contributed by atoms with Gasteiger partial charge in [-0.15, -0.1) is 10.2 Å². The second-order valence-electron chi connectivity index (χ2n) is 14.7. The molecule has 0 saturated carbocycles. The summed E-state index contributed by atoms with van der Waals surface area (Å²) in [7, 11) is 0. The predicted molar refractivity (Wildman–Crippen MR) is 243 cm³/mol. The largest absolute Gasteiger partial charge is 0.416 e. The van der Waals surface area contributed by atoms with Crippen molar-refractivity contribution < 1.29 is 4.42 Å². The topological polar surface area (TPSA) is 47.1 Å². The predicted octanol–water partition coefficient (Wildman–Crippen LogP) is 14.5. The van der Waals surface area contributed by atoms with Gasteiger partial charge in [0.25, 0.3) is 0 Å². The van der Waals surface area contributed by atoms with Gasteiger partial charge in [0.1, 0.15) is 0 Å². The highest BCUT2D eigenvalue weighted by molar-refractivity contribution is 6.12. The number of hydrogen-bond acceptors (Lipinski definition) is 4. The van der Waals surface area contributed by atoms with Crippen LogP contribution in [0.4, 0.5) is 17.1 Å². The first-order valence-corrected chi connectivity index (χ1v) is 19.8. The van der Waals surface area contributed by atoms with E-state index in [-0.39, 0.29) is 0 Å². The van der Waals surface area contributed by atoms with Gasteiger partial charge in [0, 0.05) is 44.6 Å². The number of rotatable bonds is 8. The third-order valence-corrected chi connectivity index (χ3v) is 11.2. The summed E-state index contributed by atoms with van der Waals surface area (Å²) in [6.45, 7) is 0. The van der Waals surface area contributed by atoms with Crippen molar-refractivity contribution in [2.45, 2.75) is 0 Å². The molecule has 0 amide bonds. The number of para-hydroxylation sites is 2. The Kier molecular flexibility index (Phi) is 8.41. The standard InChI is InChI=1S/C54H36N4O/c1-4-13-39(14-5-1)53-55-56-54(59-53)40-24-30-48(31-25-40)57(45-16-6-2-7-17-45)47-28-22-38(23-29-47)43-26-32-51-49(35-43)50-36-44(42-21-20-37-12-10-11-15-41(37)34-42)27-33-52(50)58(51)46-18-8-3-9-19-46/h1-36H. The third kappa shape index (κ3) is 6.32. The monoisotopic (exact) mass is 756 g/mol. The van der Waals surface area contributed by atoms with E-state index in [1.54, 1.807) is 0 Å². The Bertz CT molecular complexity index is 3240. The molecule has 0 N–H and O–H groups in total. The van der Waals surface area contributed by atoms with Crippen molar-refractivity contribution in [1.29, 1.82) is 0 Å². The summed E-state index contributed by atoms with van der Waals surface area (Å²) in [6.07, 6.45) is 0. The molecule has 0 aliphatic heterocycles. The fourth-order valence-corrected chi connectivity index (χ4v) is 8.22. The molecule has 11 rings (SSSR count). The summed E-state index contributed by atoms with van der Waals surface area (Å²) in [4.78, 5) is 2.27. The van der Waals surface area contributed by atoms with Gasteiger partial charge in [-0.05, 0) is 136 Å². The lowest BCUT2D eigenvalue weighted by Gasteiger charge is -2.25. The highest BCUT2D eigenvalue weighted by Gasteiger charge is 2.17. The molecule has 0 bridgehead atoms. The van der Waals surface area contributed by atoms with E-state index in [4.69, 9.17) is 4.42 Å². The fourth-order valence-electron chi connectivity index (χ4n) is 8.22. The Morgan fingerprint density at radius 3 is 1.41 bits per heavy atom. The zero-order valence-corrected chi connectivity index (χ0v) is 32.0. The lowest BCUT2D eigenvalue weighted by atomic mass is 9.98. The van der Waals surface area contributed by atoms with Crippen molar-refractivity contribution in [1.82, 2.24) is 14.8 Å². The molecule has 0 unspecified atom stereocenters. The van der Waals surface area contributed by atoms with Crippen molar-refractivity contribution in [3.05, 3.63) is 218 Å². The van der Waals surface area contributed by atoms with Crippen LogP contribution in [-0.2, 0) is 0 Å². The SMILES string of the molecule is c1ccc(-c2nnc(-c3ccc(N(c4ccccc4)c4ccc(-c5ccc6c(c5)c5cc(-c7ccc8ccccc8c7)ccc5n6-c5ccccc5)cc4)cc3)o2)cc1. The Morgan fingerprint density at radius 2 is 0.780 bits per heavy atom. The highest BCUT2D eigenvalue weighted by atomic mass is 16.4. The fraction of sp³-hybridized carbons (Fsp3) is 0. The van der Waals surface area contributed by atoms with E-state index in [0.717, 1.165) is 45.0 Å². The molecule has 2 aromatic heterocycles. The second-order valence-corrected chi connectivity index (χ2v) is 14.7. The van der Waals surface area contributed by atoms with Crippen LogP contribution >= 0.6 is 0 Å². The van der Waals surface area contributed by atoms with Crippen molar-refractivity contribution in [3.63, 3.8) is 0 Å². The number of aromatic nitrogens is 3. The van der Waals surface area contributed by atoms with Gasteiger partial charge in [0.05, 0.1) is 11.0 Å². The molecule has 59 heavy (non-hydrogen) atoms. The maximum absolute atomic E-state index is 6.06. The van der Waals surface area contributed by atoms with E-state index in [1.165, 1.54) is 43.7 Å². The van der Waals surface area contributed by atoms with Crippen molar-refractivity contribution in [2.75, 3.05) is 4.90 Å². The molecule has 0 radical (unpaired) electrons. The van der Waals surface area contributed by atoms with Crippen LogP contribution < -0.4 is 4.90 Å². The minimum absolute atomic E-state index is 0.486. The lowest BCUT2D eigenvalue weighted by Crippen LogP contribution is -2.09. The molecule has 0 spiro atoms. The Labute approximate surface area is 341 Å². The summed E-state index contributed by atoms with van der Waals surface area (Å²) in [5, 5.41) is 13.6. The van der Waals surface area contributed by atoms with Crippen LogP contribution in [0.1, 0.15) is 0 Å². The van der Waals surface area contributed by atoms with Gasteiger partial charge in [-0.1, -0.05) is 115 Å². The Hall–Kier alpha value is -8.02. The van der Waals surface area contributed by atoms with E-state index >= 15 is 0 Å². The molecule has 0 atom stereocenters. The van der Waals surface area contributed by atoms with Crippen LogP contribution in [0.2, 0.25) is 0 Å². The van der Waals surface area contributed by atoms with Gasteiger partial charge < -0.3 is 13.9 Å². The first kappa shape index (κ1) is 34.2. The smallest absolute Gasteiger partial charge is 0.248 e. The molecular formula is C54H36N4O. The maximum atomic E-state index is 6.06. The van der Waals surface area contributed by atoms with Gasteiger partial charge in [-0.3, -0.25) is 0 Å². The van der Waals surface area contributed by atoms with Crippen LogP contribution in [0.15, 0.2) is 223 Å². The minimum Gasteiger partial charge on any atom is -0.416 e. The van der Waals surface area contributed by atoms with E-state index in [9.17, 15) is 0 Å². The maximum Gasteiger partial charge on any atom is 0.248 e. The Morgan fingerprint density at radius 1 is 0.339 bits per heavy atom. The molecule has 0 aliphatic carbocycles. The van der Waals surface area contributed by atoms with Gasteiger partial charge in [0.2, 0.25) is 11.8 Å². The first-order chi connectivity index (χ1) is 29.2. The second kappa shape index (κ2) is 14.5. The van der Waals surface area contributed by atoms with E-state index in [2.05, 4.69) is 190 Å². The molecule has 2 heterocycles. The number of anilines is 3. The van der Waals surface area contributed by atoms with E-state index < -0.39 is 0 Å². The van der Waals surface area contributed by atoms with Gasteiger partial charge >= 0.3 is 0 Å². The summed E-state index contributed by atoms with van der Waals surface area (Å²) in [5.41, 5.74) is 13.1. The lowest BCUT2D eigenvalue weighted by molar-refractivity contribution is 0.584. The highest BCUT2D eigenvalue weighted by Crippen LogP contribution is 2.40. The average Bonchev–Trinajstić information content (AvgIpc) is 3.94. The molecule has 11 aromatic rings.